The van der Waals surface area contributed by atoms with Crippen LogP contribution in [0.2, 0.25) is 0 Å². The van der Waals surface area contributed by atoms with Crippen LogP contribution in [0, 0.1) is 0 Å². The Balaban J connectivity index is 2.91. The van der Waals surface area contributed by atoms with E-state index in [1.807, 2.05) is 24.3 Å². The molecule has 0 bridgehead atoms. The molecule has 0 amide bonds. The van der Waals surface area contributed by atoms with Crippen LogP contribution in [-0.2, 0) is 9.53 Å². The Morgan fingerprint density at radius 3 is 2.38 bits per heavy atom. The van der Waals surface area contributed by atoms with Gasteiger partial charge in [-0.25, -0.2) is 4.79 Å². The first kappa shape index (κ1) is 12.3. The Bertz CT molecular complexity index is 382. The number of carbonyl (C=O) groups excluding carboxylic acids is 1. The van der Waals surface area contributed by atoms with Gasteiger partial charge in [-0.1, -0.05) is 12.1 Å². The number of hydrogen-bond donors (Lipinski definition) is 1. The molecule has 1 aromatic rings. The summed E-state index contributed by atoms with van der Waals surface area (Å²) in [5, 5.41) is 0. The Morgan fingerprint density at radius 2 is 1.94 bits per heavy atom. The zero-order valence-electron chi connectivity index (χ0n) is 9.40. The van der Waals surface area contributed by atoms with Gasteiger partial charge in [-0.15, -0.1) is 0 Å². The van der Waals surface area contributed by atoms with E-state index in [9.17, 15) is 4.79 Å². The lowest BCUT2D eigenvalue weighted by Crippen LogP contribution is -2.13. The minimum atomic E-state index is -0.404. The van der Waals surface area contributed by atoms with Gasteiger partial charge in [0.15, 0.2) is 0 Å². The van der Waals surface area contributed by atoms with Crippen LogP contribution in [0.5, 0.6) is 5.75 Å². The quantitative estimate of drug-likeness (QED) is 0.613. The highest BCUT2D eigenvalue weighted by Gasteiger charge is 2.06. The molecule has 0 atom stereocenters. The summed E-state index contributed by atoms with van der Waals surface area (Å²) < 4.78 is 9.64. The van der Waals surface area contributed by atoms with Crippen molar-refractivity contribution < 1.29 is 14.3 Å². The van der Waals surface area contributed by atoms with Crippen molar-refractivity contribution in [3.63, 3.8) is 0 Å². The van der Waals surface area contributed by atoms with Crippen molar-refractivity contribution in [2.45, 2.75) is 0 Å². The van der Waals surface area contributed by atoms with Gasteiger partial charge in [0.25, 0.3) is 0 Å². The molecule has 0 aromatic heterocycles. The van der Waals surface area contributed by atoms with Gasteiger partial charge in [0, 0.05) is 6.54 Å². The van der Waals surface area contributed by atoms with Crippen LogP contribution in [0.15, 0.2) is 29.8 Å². The second-order valence-corrected chi connectivity index (χ2v) is 3.14. The molecule has 0 aliphatic heterocycles. The minimum Gasteiger partial charge on any atom is -0.497 e. The van der Waals surface area contributed by atoms with Crippen molar-refractivity contribution in [2.24, 2.45) is 5.73 Å². The van der Waals surface area contributed by atoms with Gasteiger partial charge in [0.1, 0.15) is 5.75 Å². The number of methoxy groups -OCH3 is 2. The van der Waals surface area contributed by atoms with E-state index < -0.39 is 5.97 Å². The zero-order chi connectivity index (χ0) is 12.0. The highest BCUT2D eigenvalue weighted by atomic mass is 16.5. The van der Waals surface area contributed by atoms with Crippen LogP contribution < -0.4 is 10.5 Å². The van der Waals surface area contributed by atoms with Crippen molar-refractivity contribution >= 4 is 12.0 Å². The molecule has 0 aliphatic rings. The zero-order valence-corrected chi connectivity index (χ0v) is 9.40. The Hall–Kier alpha value is -1.81. The smallest absolute Gasteiger partial charge is 0.335 e. The molecule has 4 heteroatoms. The summed E-state index contributed by atoms with van der Waals surface area (Å²) >= 11 is 0. The van der Waals surface area contributed by atoms with Gasteiger partial charge in [-0.2, -0.15) is 0 Å². The van der Waals surface area contributed by atoms with E-state index in [4.69, 9.17) is 10.5 Å². The van der Waals surface area contributed by atoms with Gasteiger partial charge in [-0.05, 0) is 23.8 Å². The van der Waals surface area contributed by atoms with E-state index in [-0.39, 0.29) is 6.54 Å². The first-order chi connectivity index (χ1) is 7.71. The maximum atomic E-state index is 11.3. The molecule has 1 aromatic carbocycles. The molecule has 0 spiro atoms. The minimum absolute atomic E-state index is 0.151. The van der Waals surface area contributed by atoms with Gasteiger partial charge in [0.2, 0.25) is 0 Å². The lowest BCUT2D eigenvalue weighted by atomic mass is 10.1. The second kappa shape index (κ2) is 5.92. The predicted octanol–water partition coefficient (Wildman–Crippen LogP) is 1.21. The van der Waals surface area contributed by atoms with Gasteiger partial charge >= 0.3 is 5.97 Å². The number of hydrogen-bond acceptors (Lipinski definition) is 4. The average molecular weight is 221 g/mol. The molecule has 86 valence electrons. The average Bonchev–Trinajstić information content (AvgIpc) is 2.35. The number of esters is 1. The third kappa shape index (κ3) is 3.10. The van der Waals surface area contributed by atoms with Crippen LogP contribution in [0.25, 0.3) is 6.08 Å². The van der Waals surface area contributed by atoms with Crippen molar-refractivity contribution in [2.75, 3.05) is 20.8 Å². The van der Waals surface area contributed by atoms with Gasteiger partial charge in [-0.3, -0.25) is 0 Å². The third-order valence-electron chi connectivity index (χ3n) is 2.12. The summed E-state index contributed by atoms with van der Waals surface area (Å²) in [5.74, 6) is 0.364. The van der Waals surface area contributed by atoms with E-state index >= 15 is 0 Å². The monoisotopic (exact) mass is 221 g/mol. The molecule has 1 rings (SSSR count). The summed E-state index contributed by atoms with van der Waals surface area (Å²) in [7, 11) is 2.93. The molecule has 0 saturated heterocycles. The first-order valence-electron chi connectivity index (χ1n) is 4.84. The normalized spacial score (nSPS) is 11.1. The van der Waals surface area contributed by atoms with Crippen molar-refractivity contribution in [3.8, 4) is 5.75 Å². The summed E-state index contributed by atoms with van der Waals surface area (Å²) in [6.45, 7) is 0.151. The SMILES string of the molecule is COC(=O)/C(=C/c1ccc(OC)cc1)CN. The van der Waals surface area contributed by atoms with E-state index in [0.29, 0.717) is 5.57 Å². The maximum absolute atomic E-state index is 11.3. The molecule has 0 heterocycles. The van der Waals surface area contributed by atoms with Gasteiger partial charge < -0.3 is 15.2 Å². The maximum Gasteiger partial charge on any atom is 0.335 e. The van der Waals surface area contributed by atoms with Crippen molar-refractivity contribution in [1.82, 2.24) is 0 Å². The Labute approximate surface area is 94.7 Å². The van der Waals surface area contributed by atoms with Gasteiger partial charge in [0.05, 0.1) is 19.8 Å². The topological polar surface area (TPSA) is 61.5 Å². The summed E-state index contributed by atoms with van der Waals surface area (Å²) in [4.78, 5) is 11.3. The fourth-order valence-electron chi connectivity index (χ4n) is 1.23. The number of nitrogens with two attached hydrogens (primary N) is 1. The highest BCUT2D eigenvalue weighted by Crippen LogP contribution is 2.14. The largest absolute Gasteiger partial charge is 0.497 e. The summed E-state index contributed by atoms with van der Waals surface area (Å²) in [6.07, 6.45) is 1.70. The fraction of sp³-hybridized carbons (Fsp3) is 0.250. The molecule has 16 heavy (non-hydrogen) atoms. The van der Waals surface area contributed by atoms with Crippen LogP contribution >= 0.6 is 0 Å². The van der Waals surface area contributed by atoms with E-state index in [0.717, 1.165) is 11.3 Å². The van der Waals surface area contributed by atoms with E-state index in [1.165, 1.54) is 7.11 Å². The number of rotatable bonds is 4. The fourth-order valence-corrected chi connectivity index (χ4v) is 1.23. The lowest BCUT2D eigenvalue weighted by molar-refractivity contribution is -0.136. The standard InChI is InChI=1S/C12H15NO3/c1-15-11-5-3-9(4-6-11)7-10(8-13)12(14)16-2/h3-7H,8,13H2,1-2H3/b10-7+. The number of ether oxygens (including phenoxy) is 2. The summed E-state index contributed by atoms with van der Waals surface area (Å²) in [6, 6.07) is 7.32. The first-order valence-corrected chi connectivity index (χ1v) is 4.84. The summed E-state index contributed by atoms with van der Waals surface area (Å²) in [5.41, 5.74) is 6.78. The van der Waals surface area contributed by atoms with E-state index in [2.05, 4.69) is 4.74 Å². The Kier molecular flexibility index (Phi) is 4.54. The third-order valence-corrected chi connectivity index (χ3v) is 2.12. The number of carbonyl (C=O) groups is 1. The number of benzene rings is 1. The molecule has 0 unspecified atom stereocenters. The molecular weight excluding hydrogens is 206 g/mol. The van der Waals surface area contributed by atoms with E-state index in [1.54, 1.807) is 13.2 Å². The predicted molar refractivity (Wildman–Crippen MR) is 62.0 cm³/mol. The molecule has 0 radical (unpaired) electrons. The van der Waals surface area contributed by atoms with Crippen LogP contribution in [-0.4, -0.2) is 26.7 Å². The second-order valence-electron chi connectivity index (χ2n) is 3.14. The molecule has 0 aliphatic carbocycles. The molecule has 4 nitrogen and oxygen atoms in total. The molecule has 0 fully saturated rings. The molecule has 2 N–H and O–H groups in total. The van der Waals surface area contributed by atoms with Crippen molar-refractivity contribution in [3.05, 3.63) is 35.4 Å². The molecular formula is C12H15NO3. The Morgan fingerprint density at radius 1 is 1.31 bits per heavy atom. The lowest BCUT2D eigenvalue weighted by Gasteiger charge is -2.03. The highest BCUT2D eigenvalue weighted by molar-refractivity contribution is 5.94. The van der Waals surface area contributed by atoms with Crippen LogP contribution in [0.4, 0.5) is 0 Å². The molecule has 0 saturated carbocycles. The van der Waals surface area contributed by atoms with Crippen LogP contribution in [0.1, 0.15) is 5.56 Å². The van der Waals surface area contributed by atoms with Crippen LogP contribution in [0.3, 0.4) is 0 Å². The van der Waals surface area contributed by atoms with Crippen molar-refractivity contribution in [1.29, 1.82) is 0 Å².